The summed E-state index contributed by atoms with van der Waals surface area (Å²) in [7, 11) is -3.77. The van der Waals surface area contributed by atoms with Gasteiger partial charge in [0.15, 0.2) is 0 Å². The minimum Gasteiger partial charge on any atom is -0.363 e. The first-order valence-corrected chi connectivity index (χ1v) is 10.2. The number of hydrogen-bond donors (Lipinski definition) is 2. The monoisotopic (exact) mass is 386 g/mol. The first kappa shape index (κ1) is 17.9. The van der Waals surface area contributed by atoms with Crippen molar-refractivity contribution in [1.82, 2.24) is 9.62 Å². The number of para-hydroxylation sites is 1. The number of likely N-dealkylation sites (tertiary alicyclic amines) is 1. The molecule has 27 heavy (non-hydrogen) atoms. The van der Waals surface area contributed by atoms with Crippen LogP contribution in [0.5, 0.6) is 0 Å². The molecule has 2 N–H and O–H groups in total. The number of nitrogens with zero attached hydrogens (tertiary/aromatic N) is 2. The molecule has 0 unspecified atom stereocenters. The molecule has 4 rings (SSSR count). The van der Waals surface area contributed by atoms with Gasteiger partial charge in [-0.3, -0.25) is 4.90 Å². The van der Waals surface area contributed by atoms with Crippen LogP contribution < -0.4 is 10.0 Å². The van der Waals surface area contributed by atoms with Crippen LogP contribution in [0.2, 0.25) is 0 Å². The van der Waals surface area contributed by atoms with Crippen molar-refractivity contribution < 1.29 is 12.8 Å². The van der Waals surface area contributed by atoms with E-state index in [1.54, 1.807) is 6.07 Å². The summed E-state index contributed by atoms with van der Waals surface area (Å²) in [5.74, 6) is -0.562. The zero-order chi connectivity index (χ0) is 19.1. The van der Waals surface area contributed by atoms with Crippen molar-refractivity contribution in [3.63, 3.8) is 0 Å². The summed E-state index contributed by atoms with van der Waals surface area (Å²) in [6, 6.07) is 13.6. The lowest BCUT2D eigenvalue weighted by atomic mass is 9.96. The van der Waals surface area contributed by atoms with E-state index < -0.39 is 21.5 Å². The molecule has 8 heteroatoms. The molecule has 0 radical (unpaired) electrons. The third-order valence-electron chi connectivity index (χ3n) is 5.13. The van der Waals surface area contributed by atoms with E-state index in [1.165, 1.54) is 18.2 Å². The van der Waals surface area contributed by atoms with Crippen molar-refractivity contribution in [2.75, 3.05) is 18.4 Å². The van der Waals surface area contributed by atoms with Gasteiger partial charge in [-0.25, -0.2) is 12.8 Å². The van der Waals surface area contributed by atoms with E-state index in [4.69, 9.17) is 5.26 Å². The summed E-state index contributed by atoms with van der Waals surface area (Å²) < 4.78 is 42.1. The van der Waals surface area contributed by atoms with E-state index >= 15 is 0 Å². The second-order valence-corrected chi connectivity index (χ2v) is 8.66. The van der Waals surface area contributed by atoms with Gasteiger partial charge >= 0.3 is 0 Å². The van der Waals surface area contributed by atoms with Crippen molar-refractivity contribution in [3.05, 3.63) is 59.4 Å². The molecule has 2 aliphatic heterocycles. The molecule has 2 aliphatic rings. The van der Waals surface area contributed by atoms with Crippen molar-refractivity contribution in [1.29, 1.82) is 5.26 Å². The van der Waals surface area contributed by atoms with E-state index in [2.05, 4.69) is 21.0 Å². The number of benzene rings is 2. The fourth-order valence-electron chi connectivity index (χ4n) is 3.74. The quantitative estimate of drug-likeness (QED) is 0.828. The molecule has 1 spiro atoms. The molecule has 0 saturated carbocycles. The van der Waals surface area contributed by atoms with Gasteiger partial charge in [0.05, 0.1) is 17.3 Å². The standard InChI is InChI=1S/C19H19FN4O2S/c20-16-5-2-6-17-18(16)22-19(23-27(17,25)26)7-9-24(10-8-19)13-15-4-1-3-14(11-15)12-21/h1-6,11,22-23H,7-10,13H2. The number of nitriles is 1. The van der Waals surface area contributed by atoms with E-state index in [0.717, 1.165) is 5.56 Å². The SMILES string of the molecule is N#Cc1cccc(CN2CCC3(CC2)Nc2c(F)cccc2S(=O)(=O)N3)c1. The Morgan fingerprint density at radius 2 is 1.93 bits per heavy atom. The number of anilines is 1. The Bertz CT molecular complexity index is 1020. The zero-order valence-corrected chi connectivity index (χ0v) is 15.4. The number of sulfonamides is 1. The molecule has 0 aliphatic carbocycles. The molecule has 0 bridgehead atoms. The number of rotatable bonds is 2. The van der Waals surface area contributed by atoms with E-state index in [-0.39, 0.29) is 10.6 Å². The predicted octanol–water partition coefficient (Wildman–Crippen LogP) is 2.39. The molecule has 0 aromatic heterocycles. The molecular weight excluding hydrogens is 367 g/mol. The highest BCUT2D eigenvalue weighted by Crippen LogP contribution is 2.36. The van der Waals surface area contributed by atoms with Crippen molar-refractivity contribution in [2.45, 2.75) is 29.9 Å². The van der Waals surface area contributed by atoms with Crippen LogP contribution in [-0.4, -0.2) is 32.1 Å². The van der Waals surface area contributed by atoms with Crippen molar-refractivity contribution in [2.24, 2.45) is 0 Å². The lowest BCUT2D eigenvalue weighted by Crippen LogP contribution is -2.62. The molecule has 2 aromatic rings. The highest BCUT2D eigenvalue weighted by Gasteiger charge is 2.43. The van der Waals surface area contributed by atoms with E-state index in [0.29, 0.717) is 38.0 Å². The Labute approximate surface area is 157 Å². The van der Waals surface area contributed by atoms with Crippen LogP contribution in [0.15, 0.2) is 47.4 Å². The average Bonchev–Trinajstić information content (AvgIpc) is 2.65. The summed E-state index contributed by atoms with van der Waals surface area (Å²) in [6.07, 6.45) is 1.02. The van der Waals surface area contributed by atoms with Crippen LogP contribution in [0.25, 0.3) is 0 Å². The smallest absolute Gasteiger partial charge is 0.244 e. The lowest BCUT2D eigenvalue weighted by Gasteiger charge is -2.45. The van der Waals surface area contributed by atoms with Gasteiger partial charge < -0.3 is 5.32 Å². The Hall–Kier alpha value is -2.47. The number of nitrogens with one attached hydrogen (secondary N) is 2. The topological polar surface area (TPSA) is 85.2 Å². The van der Waals surface area contributed by atoms with Gasteiger partial charge in [-0.15, -0.1) is 0 Å². The molecule has 1 fully saturated rings. The van der Waals surface area contributed by atoms with Gasteiger partial charge in [-0.05, 0) is 42.7 Å². The Morgan fingerprint density at radius 1 is 1.19 bits per heavy atom. The van der Waals surface area contributed by atoms with Gasteiger partial charge in [-0.1, -0.05) is 18.2 Å². The highest BCUT2D eigenvalue weighted by molar-refractivity contribution is 7.89. The molecule has 2 aromatic carbocycles. The molecule has 6 nitrogen and oxygen atoms in total. The van der Waals surface area contributed by atoms with Gasteiger partial charge in [0.2, 0.25) is 10.0 Å². The summed E-state index contributed by atoms with van der Waals surface area (Å²) in [5, 5.41) is 12.1. The van der Waals surface area contributed by atoms with Gasteiger partial charge in [0, 0.05) is 19.6 Å². The number of hydrogen-bond acceptors (Lipinski definition) is 5. The number of piperidine rings is 1. The van der Waals surface area contributed by atoms with E-state index in [1.807, 2.05) is 18.2 Å². The second-order valence-electron chi connectivity index (χ2n) is 7.01. The van der Waals surface area contributed by atoms with Crippen LogP contribution in [0, 0.1) is 17.1 Å². The molecular formula is C19H19FN4O2S. The maximum absolute atomic E-state index is 14.2. The Kier molecular flexibility index (Phi) is 4.38. The zero-order valence-electron chi connectivity index (χ0n) is 14.6. The number of halogens is 1. The minimum absolute atomic E-state index is 0.0476. The third-order valence-corrected chi connectivity index (χ3v) is 6.71. The summed E-state index contributed by atoms with van der Waals surface area (Å²) in [6.45, 7) is 1.98. The largest absolute Gasteiger partial charge is 0.363 e. The van der Waals surface area contributed by atoms with Crippen LogP contribution in [-0.2, 0) is 16.6 Å². The molecule has 0 amide bonds. The van der Waals surface area contributed by atoms with Gasteiger partial charge in [0.25, 0.3) is 0 Å². The Morgan fingerprint density at radius 3 is 2.67 bits per heavy atom. The average molecular weight is 386 g/mol. The first-order valence-electron chi connectivity index (χ1n) is 8.73. The van der Waals surface area contributed by atoms with Crippen LogP contribution in [0.1, 0.15) is 24.0 Å². The normalized spacial score (nSPS) is 20.4. The fraction of sp³-hybridized carbons (Fsp3) is 0.316. The van der Waals surface area contributed by atoms with Crippen molar-refractivity contribution >= 4 is 15.7 Å². The van der Waals surface area contributed by atoms with Crippen LogP contribution >= 0.6 is 0 Å². The predicted molar refractivity (Wildman–Crippen MR) is 98.7 cm³/mol. The molecule has 1 saturated heterocycles. The molecule has 0 atom stereocenters. The fourth-order valence-corrected chi connectivity index (χ4v) is 5.30. The van der Waals surface area contributed by atoms with Gasteiger partial charge in [0.1, 0.15) is 16.4 Å². The highest BCUT2D eigenvalue weighted by atomic mass is 32.2. The summed E-state index contributed by atoms with van der Waals surface area (Å²) in [5.41, 5.74) is 0.832. The van der Waals surface area contributed by atoms with Crippen LogP contribution in [0.3, 0.4) is 0 Å². The molecule has 140 valence electrons. The Balaban J connectivity index is 1.50. The molecule has 2 heterocycles. The maximum Gasteiger partial charge on any atom is 0.244 e. The van der Waals surface area contributed by atoms with Crippen LogP contribution in [0.4, 0.5) is 10.1 Å². The summed E-state index contributed by atoms with van der Waals surface area (Å²) >= 11 is 0. The van der Waals surface area contributed by atoms with E-state index in [9.17, 15) is 12.8 Å². The lowest BCUT2D eigenvalue weighted by molar-refractivity contribution is 0.158. The van der Waals surface area contributed by atoms with Crippen molar-refractivity contribution in [3.8, 4) is 6.07 Å². The second kappa shape index (κ2) is 6.60. The third kappa shape index (κ3) is 3.41. The minimum atomic E-state index is -3.77. The first-order chi connectivity index (χ1) is 12.9. The number of fused-ring (bicyclic) bond motifs is 1. The summed E-state index contributed by atoms with van der Waals surface area (Å²) in [4.78, 5) is 2.15. The maximum atomic E-state index is 14.2. The van der Waals surface area contributed by atoms with Gasteiger partial charge in [-0.2, -0.15) is 9.98 Å².